The van der Waals surface area contributed by atoms with Crippen LogP contribution in [0.3, 0.4) is 0 Å². The van der Waals surface area contributed by atoms with Gasteiger partial charge in [0.05, 0.1) is 6.54 Å². The molecule has 1 saturated heterocycles. The van der Waals surface area contributed by atoms with E-state index in [0.29, 0.717) is 18.7 Å². The second-order valence-corrected chi connectivity index (χ2v) is 7.26. The van der Waals surface area contributed by atoms with Crippen molar-refractivity contribution in [3.63, 3.8) is 0 Å². The van der Waals surface area contributed by atoms with Gasteiger partial charge in [-0.05, 0) is 7.05 Å². The molecule has 2 aliphatic heterocycles. The van der Waals surface area contributed by atoms with E-state index < -0.39 is 6.55 Å². The standard InChI is InChI=1S/C15H19F2N7S2/c1-19-26-23-10-4-12-11(9(5-18)6-22-15(16)17)7-21-13(24(12)8-10)14-20-2-3-25-14/h2-3,5-6,10,15,19,23H,4,7-8,18H2,1H3. The number of aromatic nitrogens is 1. The van der Waals surface area contributed by atoms with E-state index in [0.717, 1.165) is 34.7 Å². The van der Waals surface area contributed by atoms with Crippen LogP contribution in [0.1, 0.15) is 11.4 Å². The van der Waals surface area contributed by atoms with Crippen LogP contribution in [-0.4, -0.2) is 54.7 Å². The first kappa shape index (κ1) is 19.0. The zero-order valence-corrected chi connectivity index (χ0v) is 15.7. The molecule has 1 unspecified atom stereocenters. The van der Waals surface area contributed by atoms with Crippen molar-refractivity contribution in [2.75, 3.05) is 20.1 Å². The smallest absolute Gasteiger partial charge is 0.331 e. The van der Waals surface area contributed by atoms with Gasteiger partial charge >= 0.3 is 6.55 Å². The van der Waals surface area contributed by atoms with E-state index in [2.05, 4.69) is 29.3 Å². The summed E-state index contributed by atoms with van der Waals surface area (Å²) in [4.78, 5) is 14.3. The van der Waals surface area contributed by atoms with Crippen molar-refractivity contribution in [3.8, 4) is 0 Å². The van der Waals surface area contributed by atoms with Crippen LogP contribution in [0.15, 0.2) is 44.6 Å². The number of fused-ring (bicyclic) bond motifs is 1. The number of halogens is 2. The summed E-state index contributed by atoms with van der Waals surface area (Å²) in [6.07, 6.45) is 4.90. The molecular formula is C15H19F2N7S2. The molecule has 26 heavy (non-hydrogen) atoms. The molecule has 11 heteroatoms. The minimum absolute atomic E-state index is 0.173. The molecule has 140 valence electrons. The van der Waals surface area contributed by atoms with E-state index in [1.54, 1.807) is 6.20 Å². The van der Waals surface area contributed by atoms with Gasteiger partial charge in [-0.2, -0.15) is 8.78 Å². The van der Waals surface area contributed by atoms with E-state index in [1.807, 2.05) is 12.4 Å². The first-order chi connectivity index (χ1) is 12.6. The summed E-state index contributed by atoms with van der Waals surface area (Å²) in [7, 11) is 1.84. The molecule has 0 radical (unpaired) electrons. The normalized spacial score (nSPS) is 21.1. The van der Waals surface area contributed by atoms with Gasteiger partial charge in [0.1, 0.15) is 0 Å². The molecule has 1 atom stereocenters. The summed E-state index contributed by atoms with van der Waals surface area (Å²) in [6, 6.07) is 0.173. The Bertz CT molecular complexity index is 743. The van der Waals surface area contributed by atoms with Gasteiger partial charge in [-0.25, -0.2) is 14.7 Å². The number of nitrogens with one attached hydrogen (secondary N) is 2. The van der Waals surface area contributed by atoms with Gasteiger partial charge < -0.3 is 10.6 Å². The predicted molar refractivity (Wildman–Crippen MR) is 102 cm³/mol. The summed E-state index contributed by atoms with van der Waals surface area (Å²) >= 11 is 2.93. The minimum Gasteiger partial charge on any atom is -0.404 e. The first-order valence-electron chi connectivity index (χ1n) is 7.89. The SMILES string of the molecule is CNSNC1CC2=C(C(C=NC(F)F)=CN)CN=C(c3nccs3)N2C1. The lowest BCUT2D eigenvalue weighted by atomic mass is 10.0. The van der Waals surface area contributed by atoms with Crippen LogP contribution in [0, 0.1) is 0 Å². The Balaban J connectivity index is 1.92. The van der Waals surface area contributed by atoms with Crippen LogP contribution < -0.4 is 15.2 Å². The fraction of sp³-hybridized carbons (Fsp3) is 0.400. The number of thiazole rings is 1. The Morgan fingerprint density at radius 1 is 1.58 bits per heavy atom. The third-order valence-electron chi connectivity index (χ3n) is 3.97. The highest BCUT2D eigenvalue weighted by molar-refractivity contribution is 7.95. The Labute approximate surface area is 158 Å². The van der Waals surface area contributed by atoms with Crippen LogP contribution in [0.5, 0.6) is 0 Å². The molecule has 0 spiro atoms. The summed E-state index contributed by atoms with van der Waals surface area (Å²) in [6.45, 7) is -1.71. The van der Waals surface area contributed by atoms with Gasteiger partial charge in [-0.3, -0.25) is 9.71 Å². The lowest BCUT2D eigenvalue weighted by molar-refractivity contribution is 0.160. The molecular weight excluding hydrogens is 380 g/mol. The van der Waals surface area contributed by atoms with Gasteiger partial charge in [0, 0.05) is 72.0 Å². The van der Waals surface area contributed by atoms with E-state index in [1.165, 1.54) is 29.7 Å². The number of hydrogen-bond acceptors (Lipinski definition) is 9. The van der Waals surface area contributed by atoms with Gasteiger partial charge in [0.2, 0.25) is 0 Å². The number of alkyl halides is 2. The van der Waals surface area contributed by atoms with Crippen molar-refractivity contribution in [2.24, 2.45) is 15.7 Å². The molecule has 0 amide bonds. The van der Waals surface area contributed by atoms with Gasteiger partial charge in [0.25, 0.3) is 0 Å². The summed E-state index contributed by atoms with van der Waals surface area (Å²) in [5.41, 5.74) is 7.97. The van der Waals surface area contributed by atoms with E-state index >= 15 is 0 Å². The van der Waals surface area contributed by atoms with Crippen LogP contribution in [0.4, 0.5) is 8.78 Å². The Kier molecular flexibility index (Phi) is 6.35. The third kappa shape index (κ3) is 4.11. The lowest BCUT2D eigenvalue weighted by Gasteiger charge is -2.27. The predicted octanol–water partition coefficient (Wildman–Crippen LogP) is 1.74. The van der Waals surface area contributed by atoms with Crippen molar-refractivity contribution in [2.45, 2.75) is 19.0 Å². The second kappa shape index (κ2) is 8.71. The maximum absolute atomic E-state index is 12.5. The summed E-state index contributed by atoms with van der Waals surface area (Å²) in [5.74, 6) is 0.805. The molecule has 1 aromatic rings. The topological polar surface area (TPSA) is 90.9 Å². The van der Waals surface area contributed by atoms with Crippen molar-refractivity contribution >= 4 is 35.5 Å². The van der Waals surface area contributed by atoms with Crippen molar-refractivity contribution in [1.29, 1.82) is 0 Å². The lowest BCUT2D eigenvalue weighted by Crippen LogP contribution is -2.35. The molecule has 0 aromatic carbocycles. The maximum atomic E-state index is 12.5. The number of nitrogens with zero attached hydrogens (tertiary/aromatic N) is 4. The maximum Gasteiger partial charge on any atom is 0.331 e. The monoisotopic (exact) mass is 399 g/mol. The number of rotatable bonds is 7. The highest BCUT2D eigenvalue weighted by atomic mass is 32.2. The average Bonchev–Trinajstić information content (AvgIpc) is 3.30. The Morgan fingerprint density at radius 3 is 3.08 bits per heavy atom. The number of hydrogen-bond donors (Lipinski definition) is 3. The van der Waals surface area contributed by atoms with Crippen LogP contribution in [-0.2, 0) is 0 Å². The Morgan fingerprint density at radius 2 is 2.42 bits per heavy atom. The minimum atomic E-state index is -2.77. The van der Waals surface area contributed by atoms with E-state index in [9.17, 15) is 8.78 Å². The number of nitrogens with two attached hydrogens (primary N) is 1. The third-order valence-corrected chi connectivity index (χ3v) is 5.39. The first-order valence-corrected chi connectivity index (χ1v) is 9.59. The average molecular weight is 399 g/mol. The zero-order valence-electron chi connectivity index (χ0n) is 14.0. The van der Waals surface area contributed by atoms with Gasteiger partial charge in [-0.1, -0.05) is 0 Å². The molecule has 3 heterocycles. The Hall–Kier alpha value is -1.82. The molecule has 0 saturated carbocycles. The van der Waals surface area contributed by atoms with Gasteiger partial charge in [0.15, 0.2) is 10.8 Å². The van der Waals surface area contributed by atoms with Crippen LogP contribution in [0.2, 0.25) is 0 Å². The molecule has 7 nitrogen and oxygen atoms in total. The molecule has 1 aromatic heterocycles. The number of aliphatic imine (C=N–C) groups is 2. The fourth-order valence-electron chi connectivity index (χ4n) is 2.92. The number of amidine groups is 1. The highest BCUT2D eigenvalue weighted by Crippen LogP contribution is 2.33. The molecule has 0 bridgehead atoms. The van der Waals surface area contributed by atoms with Crippen LogP contribution >= 0.6 is 23.5 Å². The van der Waals surface area contributed by atoms with Gasteiger partial charge in [-0.15, -0.1) is 11.3 Å². The zero-order chi connectivity index (χ0) is 18.5. The van der Waals surface area contributed by atoms with Crippen molar-refractivity contribution in [1.82, 2.24) is 19.3 Å². The van der Waals surface area contributed by atoms with Crippen molar-refractivity contribution in [3.05, 3.63) is 39.6 Å². The molecule has 2 aliphatic rings. The molecule has 0 aliphatic carbocycles. The quantitative estimate of drug-likeness (QED) is 0.368. The molecule has 4 N–H and O–H groups in total. The summed E-state index contributed by atoms with van der Waals surface area (Å²) in [5, 5.41) is 2.74. The molecule has 1 fully saturated rings. The molecule has 3 rings (SSSR count). The second-order valence-electron chi connectivity index (χ2n) is 5.52. The van der Waals surface area contributed by atoms with Crippen LogP contribution in [0.25, 0.3) is 0 Å². The largest absolute Gasteiger partial charge is 0.404 e. The van der Waals surface area contributed by atoms with Crippen molar-refractivity contribution < 1.29 is 8.78 Å². The van der Waals surface area contributed by atoms with E-state index in [-0.39, 0.29) is 6.04 Å². The fourth-order valence-corrected chi connectivity index (χ4v) is 4.02. The van der Waals surface area contributed by atoms with E-state index in [4.69, 9.17) is 5.73 Å². The summed E-state index contributed by atoms with van der Waals surface area (Å²) < 4.78 is 31.3. The highest BCUT2D eigenvalue weighted by Gasteiger charge is 2.36.